The Labute approximate surface area is 45.9 Å². The molecule has 2 nitrogen and oxygen atoms in total. The molecule has 0 unspecified atom stereocenters. The number of aliphatic imine (C=N–C) groups is 1. The Kier molecular flexibility index (Phi) is 1.23. The summed E-state index contributed by atoms with van der Waals surface area (Å²) in [6, 6.07) is 0. The summed E-state index contributed by atoms with van der Waals surface area (Å²) in [5, 5.41) is 2.98. The molecule has 3 heteroatoms. The average molecular weight is 169 g/mol. The van der Waals surface area contributed by atoms with Gasteiger partial charge in [-0.2, -0.15) is 0 Å². The van der Waals surface area contributed by atoms with Crippen LogP contribution in [0, 0.1) is 0 Å². The third-order valence-electron chi connectivity index (χ3n) is 0.536. The van der Waals surface area contributed by atoms with Gasteiger partial charge >= 0.3 is 45.3 Å². The molecular weight excluding hydrogens is 165 g/mol. The molecule has 34 valence electrons. The van der Waals surface area contributed by atoms with E-state index in [1.807, 2.05) is 6.21 Å². The molecule has 0 aliphatic carbocycles. The summed E-state index contributed by atoms with van der Waals surface area (Å²) in [5.41, 5.74) is 0. The Morgan fingerprint density at radius 2 is 2.83 bits per heavy atom. The number of rotatable bonds is 0. The predicted octanol–water partition coefficient (Wildman–Crippen LogP) is -0.705. The predicted molar refractivity (Wildman–Crippen MR) is 21.5 cm³/mol. The van der Waals surface area contributed by atoms with Gasteiger partial charge in [-0.15, -0.1) is 0 Å². The minimum atomic E-state index is 0.891. The van der Waals surface area contributed by atoms with Crippen LogP contribution in [0.1, 0.15) is 0 Å². The molecule has 0 aromatic heterocycles. The molecule has 0 saturated heterocycles. The molecule has 0 amide bonds. The summed E-state index contributed by atoms with van der Waals surface area (Å²) in [4.78, 5) is 3.89. The van der Waals surface area contributed by atoms with Gasteiger partial charge in [-0.3, -0.25) is 0 Å². The van der Waals surface area contributed by atoms with Crippen LogP contribution >= 0.6 is 0 Å². The molecule has 0 aromatic carbocycles. The van der Waals surface area contributed by atoms with Gasteiger partial charge in [-0.05, 0) is 0 Å². The van der Waals surface area contributed by atoms with E-state index in [1.54, 1.807) is 0 Å². The van der Waals surface area contributed by atoms with Crippen LogP contribution in [0.25, 0.3) is 0 Å². The molecule has 6 heavy (non-hydrogen) atoms. The van der Waals surface area contributed by atoms with Crippen LogP contribution in [0.5, 0.6) is 0 Å². The van der Waals surface area contributed by atoms with Gasteiger partial charge < -0.3 is 0 Å². The maximum atomic E-state index is 3.89. The monoisotopic (exact) mass is 170 g/mol. The van der Waals surface area contributed by atoms with Crippen LogP contribution in [-0.2, 0) is 17.9 Å². The Balaban J connectivity index is 2.59. The van der Waals surface area contributed by atoms with Crippen LogP contribution in [0.4, 0.5) is 0 Å². The maximum absolute atomic E-state index is 3.89. The van der Waals surface area contributed by atoms with E-state index in [1.165, 1.54) is 0 Å². The fraction of sp³-hybridized carbons (Fsp3) is 0.333. The summed E-state index contributed by atoms with van der Waals surface area (Å²) >= 11 is 2.40. The molecule has 1 aliphatic heterocycles. The third kappa shape index (κ3) is 0.793. The van der Waals surface area contributed by atoms with E-state index in [2.05, 4.69) is 28.2 Å². The van der Waals surface area contributed by atoms with Crippen molar-refractivity contribution >= 4 is 10.6 Å². The second-order valence-electron chi connectivity index (χ2n) is 0.972. The first-order valence-corrected chi connectivity index (χ1v) is 2.54. The Morgan fingerprint density at radius 3 is 3.00 bits per heavy atom. The van der Waals surface area contributed by atoms with Crippen molar-refractivity contribution in [1.82, 2.24) is 5.32 Å². The van der Waals surface area contributed by atoms with Crippen LogP contribution in [-0.4, -0.2) is 17.1 Å². The summed E-state index contributed by atoms with van der Waals surface area (Å²) in [6.07, 6.45) is 1.84. The van der Waals surface area contributed by atoms with Crippen LogP contribution < -0.4 is 5.32 Å². The van der Waals surface area contributed by atoms with Crippen LogP contribution in [0.3, 0.4) is 0 Å². The number of hydrogen-bond donors (Lipinski definition) is 1. The number of nitrogens with zero attached hydrogens (tertiary/aromatic N) is 1. The molecule has 1 N–H and O–H groups in total. The standard InChI is InChI=1S/C3H4N2.Ru/c1-2-5-3-4-1;/h1,5H,2H2;. The van der Waals surface area contributed by atoms with Crippen molar-refractivity contribution in [2.75, 3.05) is 6.54 Å². The Bertz CT molecular complexity index is 97.0. The molecule has 1 heterocycles. The van der Waals surface area contributed by atoms with E-state index in [0.717, 1.165) is 10.9 Å². The van der Waals surface area contributed by atoms with Gasteiger partial charge in [0.1, 0.15) is 0 Å². The summed E-state index contributed by atoms with van der Waals surface area (Å²) < 4.78 is 0.953. The fourth-order valence-corrected chi connectivity index (χ4v) is 0.633. The molecule has 0 radical (unpaired) electrons. The van der Waals surface area contributed by atoms with Gasteiger partial charge in [0.2, 0.25) is 0 Å². The van der Waals surface area contributed by atoms with E-state index in [4.69, 9.17) is 0 Å². The zero-order valence-corrected chi connectivity index (χ0v) is 4.82. The van der Waals surface area contributed by atoms with E-state index >= 15 is 0 Å². The van der Waals surface area contributed by atoms with Gasteiger partial charge in [0, 0.05) is 0 Å². The first kappa shape index (κ1) is 4.29. The molecule has 0 atom stereocenters. The van der Waals surface area contributed by atoms with Crippen molar-refractivity contribution in [3.63, 3.8) is 0 Å². The van der Waals surface area contributed by atoms with Crippen molar-refractivity contribution < 1.29 is 17.9 Å². The van der Waals surface area contributed by atoms with Crippen molar-refractivity contribution in [2.24, 2.45) is 4.99 Å². The van der Waals surface area contributed by atoms with E-state index in [9.17, 15) is 0 Å². The van der Waals surface area contributed by atoms with E-state index < -0.39 is 0 Å². The molecule has 1 rings (SSSR count). The first-order chi connectivity index (χ1) is 2.89. The van der Waals surface area contributed by atoms with Crippen molar-refractivity contribution in [2.45, 2.75) is 0 Å². The molecule has 0 bridgehead atoms. The molecule has 0 aromatic rings. The summed E-state index contributed by atoms with van der Waals surface area (Å²) in [5.74, 6) is 0. The second-order valence-corrected chi connectivity index (χ2v) is 1.79. The van der Waals surface area contributed by atoms with Gasteiger partial charge in [-0.25, -0.2) is 0 Å². The van der Waals surface area contributed by atoms with Gasteiger partial charge in [0.05, 0.1) is 0 Å². The van der Waals surface area contributed by atoms with Crippen LogP contribution in [0.2, 0.25) is 0 Å². The fourth-order valence-electron chi connectivity index (χ4n) is 0.297. The topological polar surface area (TPSA) is 24.4 Å². The Hall–Kier alpha value is 0.123. The zero-order valence-electron chi connectivity index (χ0n) is 3.09. The quantitative estimate of drug-likeness (QED) is 0.476. The normalized spacial score (nSPS) is 19.8. The third-order valence-corrected chi connectivity index (χ3v) is 1.07. The van der Waals surface area contributed by atoms with Crippen molar-refractivity contribution in [3.8, 4) is 0 Å². The average Bonchev–Trinajstić information content (AvgIpc) is 1.86. The van der Waals surface area contributed by atoms with Crippen LogP contribution in [0.15, 0.2) is 4.99 Å². The Morgan fingerprint density at radius 1 is 2.00 bits per heavy atom. The number of nitrogens with one attached hydrogen (secondary N) is 1. The van der Waals surface area contributed by atoms with Gasteiger partial charge in [0.25, 0.3) is 0 Å². The zero-order chi connectivity index (χ0) is 4.41. The van der Waals surface area contributed by atoms with Crippen molar-refractivity contribution in [1.29, 1.82) is 0 Å². The van der Waals surface area contributed by atoms with E-state index in [-0.39, 0.29) is 0 Å². The molecule has 0 spiro atoms. The molecule has 0 fully saturated rings. The minimum absolute atomic E-state index is 0.891. The first-order valence-electron chi connectivity index (χ1n) is 1.67. The SMILES string of the molecule is [Ru]=[C]1N=CCN1. The van der Waals surface area contributed by atoms with Gasteiger partial charge in [-0.1, -0.05) is 0 Å². The molecule has 0 saturated carbocycles. The summed E-state index contributed by atoms with van der Waals surface area (Å²) in [6.45, 7) is 0.891. The van der Waals surface area contributed by atoms with Gasteiger partial charge in [0.15, 0.2) is 0 Å². The molecule has 1 aliphatic rings. The number of hydrogen-bond acceptors (Lipinski definition) is 2. The van der Waals surface area contributed by atoms with Crippen molar-refractivity contribution in [3.05, 3.63) is 0 Å². The second kappa shape index (κ2) is 1.72. The summed E-state index contributed by atoms with van der Waals surface area (Å²) in [7, 11) is 0. The van der Waals surface area contributed by atoms with E-state index in [0.29, 0.717) is 0 Å². The molecular formula is C3H4N2Ru.